The monoisotopic (exact) mass is 398 g/mol. The van der Waals surface area contributed by atoms with Crippen molar-refractivity contribution < 1.29 is 19.3 Å². The summed E-state index contributed by atoms with van der Waals surface area (Å²) in [5.74, 6) is -0.324. The molecule has 29 heavy (non-hydrogen) atoms. The largest absolute Gasteiger partial charge is 0.462 e. The van der Waals surface area contributed by atoms with Crippen LogP contribution >= 0.6 is 0 Å². The molecule has 2 heterocycles. The van der Waals surface area contributed by atoms with Crippen molar-refractivity contribution in [1.82, 2.24) is 19.5 Å². The average Bonchev–Trinajstić information content (AvgIpc) is 3.13. The molecule has 1 aliphatic carbocycles. The molecule has 0 saturated heterocycles. The van der Waals surface area contributed by atoms with Crippen LogP contribution in [0.1, 0.15) is 31.7 Å². The SMILES string of the molecule is OCCOc1nc(-c2ccc(F)cc2)c(-c2ccncn2)n1C1CCC(O)CC1. The Morgan fingerprint density at radius 2 is 1.86 bits per heavy atom. The third-order valence-corrected chi connectivity index (χ3v) is 5.17. The average molecular weight is 398 g/mol. The molecule has 1 aromatic carbocycles. The Bertz CT molecular complexity index is 939. The molecule has 0 amide bonds. The number of aromatic nitrogens is 4. The highest BCUT2D eigenvalue weighted by Gasteiger charge is 2.30. The van der Waals surface area contributed by atoms with E-state index in [1.165, 1.54) is 18.5 Å². The van der Waals surface area contributed by atoms with Gasteiger partial charge >= 0.3 is 0 Å². The number of nitrogens with zero attached hydrogens (tertiary/aromatic N) is 4. The van der Waals surface area contributed by atoms with E-state index in [-0.39, 0.29) is 31.2 Å². The molecular weight excluding hydrogens is 375 g/mol. The predicted molar refractivity (Wildman–Crippen MR) is 105 cm³/mol. The Morgan fingerprint density at radius 1 is 1.10 bits per heavy atom. The van der Waals surface area contributed by atoms with Crippen molar-refractivity contribution in [2.45, 2.75) is 37.8 Å². The number of aliphatic hydroxyl groups excluding tert-OH is 2. The fourth-order valence-electron chi connectivity index (χ4n) is 3.79. The third-order valence-electron chi connectivity index (χ3n) is 5.17. The van der Waals surface area contributed by atoms with Crippen LogP contribution in [-0.4, -0.2) is 49.0 Å². The second-order valence-corrected chi connectivity index (χ2v) is 7.10. The summed E-state index contributed by atoms with van der Waals surface area (Å²) in [5, 5.41) is 19.2. The second kappa shape index (κ2) is 8.67. The second-order valence-electron chi connectivity index (χ2n) is 7.10. The van der Waals surface area contributed by atoms with Crippen LogP contribution in [-0.2, 0) is 0 Å². The number of benzene rings is 1. The maximum Gasteiger partial charge on any atom is 0.297 e. The van der Waals surface area contributed by atoms with Crippen molar-refractivity contribution in [2.24, 2.45) is 0 Å². The van der Waals surface area contributed by atoms with E-state index in [0.717, 1.165) is 24.1 Å². The first-order valence-electron chi connectivity index (χ1n) is 9.73. The summed E-state index contributed by atoms with van der Waals surface area (Å²) in [6.07, 6.45) is 5.76. The molecule has 152 valence electrons. The molecule has 1 aliphatic rings. The number of hydrogen-bond donors (Lipinski definition) is 2. The fourth-order valence-corrected chi connectivity index (χ4v) is 3.79. The number of ether oxygens (including phenoxy) is 1. The Labute approximate surface area is 167 Å². The van der Waals surface area contributed by atoms with Gasteiger partial charge < -0.3 is 14.9 Å². The first-order chi connectivity index (χ1) is 14.2. The number of imidazole rings is 1. The normalized spacial score (nSPS) is 19.3. The summed E-state index contributed by atoms with van der Waals surface area (Å²) in [6.45, 7) is -0.0244. The zero-order valence-electron chi connectivity index (χ0n) is 15.9. The highest BCUT2D eigenvalue weighted by molar-refractivity contribution is 5.78. The van der Waals surface area contributed by atoms with Gasteiger partial charge in [-0.15, -0.1) is 0 Å². The van der Waals surface area contributed by atoms with Crippen LogP contribution in [0.5, 0.6) is 6.01 Å². The maximum atomic E-state index is 13.5. The van der Waals surface area contributed by atoms with Crippen LogP contribution in [0.3, 0.4) is 0 Å². The molecule has 1 fully saturated rings. The zero-order valence-corrected chi connectivity index (χ0v) is 15.9. The topological polar surface area (TPSA) is 93.3 Å². The number of hydrogen-bond acceptors (Lipinski definition) is 6. The molecule has 0 bridgehead atoms. The molecule has 1 saturated carbocycles. The molecule has 3 aromatic rings. The molecule has 0 radical (unpaired) electrons. The number of halogens is 1. The van der Waals surface area contributed by atoms with E-state index in [4.69, 9.17) is 9.72 Å². The minimum atomic E-state index is -0.324. The lowest BCUT2D eigenvalue weighted by molar-refractivity contribution is 0.106. The molecule has 8 heteroatoms. The Balaban J connectivity index is 1.89. The van der Waals surface area contributed by atoms with Gasteiger partial charge in [0.25, 0.3) is 6.01 Å². The molecule has 7 nitrogen and oxygen atoms in total. The number of aliphatic hydroxyl groups is 2. The van der Waals surface area contributed by atoms with Crippen molar-refractivity contribution >= 4 is 0 Å². The van der Waals surface area contributed by atoms with Gasteiger partial charge in [-0.25, -0.2) is 14.4 Å². The lowest BCUT2D eigenvalue weighted by Crippen LogP contribution is -2.22. The minimum absolute atomic E-state index is 0.0683. The maximum absolute atomic E-state index is 13.5. The third kappa shape index (κ3) is 4.13. The van der Waals surface area contributed by atoms with Crippen LogP contribution in [0, 0.1) is 5.82 Å². The van der Waals surface area contributed by atoms with Crippen LogP contribution in [0.25, 0.3) is 22.6 Å². The summed E-state index contributed by atoms with van der Waals surface area (Å²) in [5.41, 5.74) is 2.80. The van der Waals surface area contributed by atoms with Gasteiger partial charge in [-0.1, -0.05) is 0 Å². The van der Waals surface area contributed by atoms with Gasteiger partial charge in [0.05, 0.1) is 24.1 Å². The summed E-state index contributed by atoms with van der Waals surface area (Å²) in [6, 6.07) is 8.38. The zero-order chi connectivity index (χ0) is 20.2. The van der Waals surface area contributed by atoms with Gasteiger partial charge in [0.2, 0.25) is 0 Å². The molecule has 0 unspecified atom stereocenters. The van der Waals surface area contributed by atoms with Crippen molar-refractivity contribution in [3.8, 4) is 28.7 Å². The lowest BCUT2D eigenvalue weighted by Gasteiger charge is -2.28. The van der Waals surface area contributed by atoms with Crippen LogP contribution in [0.2, 0.25) is 0 Å². The van der Waals surface area contributed by atoms with Crippen molar-refractivity contribution in [2.75, 3.05) is 13.2 Å². The predicted octanol–water partition coefficient (Wildman–Crippen LogP) is 2.99. The van der Waals surface area contributed by atoms with E-state index < -0.39 is 0 Å². The van der Waals surface area contributed by atoms with E-state index in [1.54, 1.807) is 24.4 Å². The Hall–Kier alpha value is -2.84. The van der Waals surface area contributed by atoms with Gasteiger partial charge in [-0.05, 0) is 56.0 Å². The van der Waals surface area contributed by atoms with Crippen molar-refractivity contribution in [3.05, 3.63) is 48.7 Å². The summed E-state index contributed by atoms with van der Waals surface area (Å²) >= 11 is 0. The van der Waals surface area contributed by atoms with E-state index in [2.05, 4.69) is 9.97 Å². The molecule has 0 aliphatic heterocycles. The van der Waals surface area contributed by atoms with Crippen molar-refractivity contribution in [3.63, 3.8) is 0 Å². The van der Waals surface area contributed by atoms with Gasteiger partial charge in [0.1, 0.15) is 24.4 Å². The van der Waals surface area contributed by atoms with E-state index >= 15 is 0 Å². The quantitative estimate of drug-likeness (QED) is 0.663. The Morgan fingerprint density at radius 3 is 2.52 bits per heavy atom. The molecular formula is C21H23FN4O3. The highest BCUT2D eigenvalue weighted by Crippen LogP contribution is 2.41. The van der Waals surface area contributed by atoms with Crippen molar-refractivity contribution in [1.29, 1.82) is 0 Å². The standard InChI is InChI=1S/C21H23FN4O3/c22-15-3-1-14(2-4-15)19-20(18-9-10-23-13-24-18)26(21(25-19)29-12-11-27)16-5-7-17(28)8-6-16/h1-4,9-10,13,16-17,27-28H,5-8,11-12H2. The van der Waals surface area contributed by atoms with Crippen LogP contribution in [0.4, 0.5) is 4.39 Å². The fraction of sp³-hybridized carbons (Fsp3) is 0.381. The van der Waals surface area contributed by atoms with Gasteiger partial charge in [-0.3, -0.25) is 4.57 Å². The first-order valence-corrected chi connectivity index (χ1v) is 9.73. The molecule has 0 spiro atoms. The Kier molecular flexibility index (Phi) is 5.82. The highest BCUT2D eigenvalue weighted by atomic mass is 19.1. The van der Waals surface area contributed by atoms with E-state index in [1.807, 2.05) is 4.57 Å². The molecule has 0 atom stereocenters. The van der Waals surface area contributed by atoms with Gasteiger partial charge in [0, 0.05) is 17.8 Å². The first kappa shape index (κ1) is 19.5. The molecule has 2 aromatic heterocycles. The summed E-state index contributed by atoms with van der Waals surface area (Å²) in [4.78, 5) is 13.1. The molecule has 2 N–H and O–H groups in total. The van der Waals surface area contributed by atoms with Gasteiger partial charge in [-0.2, -0.15) is 4.98 Å². The van der Waals surface area contributed by atoms with E-state index in [0.29, 0.717) is 30.2 Å². The minimum Gasteiger partial charge on any atom is -0.462 e. The van der Waals surface area contributed by atoms with Crippen LogP contribution in [0.15, 0.2) is 42.9 Å². The lowest BCUT2D eigenvalue weighted by atomic mass is 9.92. The smallest absolute Gasteiger partial charge is 0.297 e. The summed E-state index contributed by atoms with van der Waals surface area (Å²) < 4.78 is 21.3. The summed E-state index contributed by atoms with van der Waals surface area (Å²) in [7, 11) is 0. The van der Waals surface area contributed by atoms with Gasteiger partial charge in [0.15, 0.2) is 0 Å². The molecule has 4 rings (SSSR count). The van der Waals surface area contributed by atoms with E-state index in [9.17, 15) is 14.6 Å². The number of rotatable bonds is 6. The van der Waals surface area contributed by atoms with Crippen LogP contribution < -0.4 is 4.74 Å².